The molecule has 0 spiro atoms. The number of methoxy groups -OCH3 is 1. The van der Waals surface area contributed by atoms with Gasteiger partial charge in [-0.15, -0.1) is 0 Å². The van der Waals surface area contributed by atoms with Crippen LogP contribution in [0.25, 0.3) is 0 Å². The maximum atomic E-state index is 14.0. The number of esters is 1. The van der Waals surface area contributed by atoms with Gasteiger partial charge < -0.3 is 19.1 Å². The molecule has 0 unspecified atom stereocenters. The average molecular weight is 487 g/mol. The van der Waals surface area contributed by atoms with E-state index < -0.39 is 40.5 Å². The number of ketones is 1. The van der Waals surface area contributed by atoms with Gasteiger partial charge in [-0.05, 0) is 45.0 Å². The minimum absolute atomic E-state index is 0.0185. The second-order valence-electron chi connectivity index (χ2n) is 9.00. The number of halogens is 1. The van der Waals surface area contributed by atoms with Crippen LogP contribution in [0.3, 0.4) is 0 Å². The van der Waals surface area contributed by atoms with E-state index in [2.05, 4.69) is 5.32 Å². The molecule has 2 aromatic rings. The van der Waals surface area contributed by atoms with Crippen molar-refractivity contribution in [2.24, 2.45) is 0 Å². The van der Waals surface area contributed by atoms with Crippen molar-refractivity contribution in [3.63, 3.8) is 0 Å². The van der Waals surface area contributed by atoms with Gasteiger partial charge >= 0.3 is 17.7 Å². The Labute approximate surface area is 200 Å². The second kappa shape index (κ2) is 7.73. The van der Waals surface area contributed by atoms with E-state index in [-0.39, 0.29) is 21.9 Å². The molecular weight excluding hydrogens is 464 g/mol. The van der Waals surface area contributed by atoms with Gasteiger partial charge in [0.2, 0.25) is 11.3 Å². The summed E-state index contributed by atoms with van der Waals surface area (Å²) >= 11 is 6.09. The molecule has 1 N–H and O–H groups in total. The van der Waals surface area contributed by atoms with Gasteiger partial charge in [0.15, 0.2) is 0 Å². The lowest BCUT2D eigenvalue weighted by Gasteiger charge is -2.40. The molecule has 0 bridgehead atoms. The zero-order valence-corrected chi connectivity index (χ0v) is 20.0. The normalized spacial score (nSPS) is 23.2. The summed E-state index contributed by atoms with van der Waals surface area (Å²) in [5.41, 5.74) is -5.38. The number of benzene rings is 2. The molecule has 2 aliphatic rings. The monoisotopic (exact) mass is 486 g/mol. The van der Waals surface area contributed by atoms with Crippen molar-refractivity contribution < 1.29 is 33.4 Å². The van der Waals surface area contributed by atoms with Crippen LogP contribution in [0.2, 0.25) is 5.02 Å². The van der Waals surface area contributed by atoms with Gasteiger partial charge in [-0.1, -0.05) is 29.8 Å². The third kappa shape index (κ3) is 3.14. The molecule has 2 aliphatic heterocycles. The lowest BCUT2D eigenvalue weighted by Crippen LogP contribution is -2.74. The van der Waals surface area contributed by atoms with Gasteiger partial charge in [0.05, 0.1) is 12.7 Å². The van der Waals surface area contributed by atoms with Crippen LogP contribution in [0.4, 0.5) is 10.5 Å². The van der Waals surface area contributed by atoms with Crippen molar-refractivity contribution in [1.82, 2.24) is 5.32 Å². The van der Waals surface area contributed by atoms with Crippen molar-refractivity contribution in [1.29, 1.82) is 0 Å². The van der Waals surface area contributed by atoms with Crippen LogP contribution < -0.4 is 15.0 Å². The molecular formula is C24H23ClN2O7. The predicted molar refractivity (Wildman–Crippen MR) is 122 cm³/mol. The smallest absolute Gasteiger partial charge is 0.408 e. The Morgan fingerprint density at radius 3 is 2.44 bits per heavy atom. The van der Waals surface area contributed by atoms with Crippen LogP contribution in [0.15, 0.2) is 42.5 Å². The Balaban J connectivity index is 2.04. The number of likely N-dealkylation sites (N-methyl/N-ethyl adjacent to an activating group) is 1. The Morgan fingerprint density at radius 2 is 1.79 bits per heavy atom. The molecule has 4 rings (SSSR count). The van der Waals surface area contributed by atoms with Crippen molar-refractivity contribution in [3.05, 3.63) is 58.6 Å². The van der Waals surface area contributed by atoms with E-state index >= 15 is 0 Å². The minimum atomic E-state index is -2.62. The fourth-order valence-corrected chi connectivity index (χ4v) is 4.58. The first kappa shape index (κ1) is 23.6. The number of carbonyl (C=O) groups is 4. The average Bonchev–Trinajstić information content (AvgIpc) is 3.18. The van der Waals surface area contributed by atoms with Crippen LogP contribution in [-0.2, 0) is 24.6 Å². The number of carbonyl (C=O) groups excluding carboxylic acids is 4. The van der Waals surface area contributed by atoms with Crippen LogP contribution in [0.5, 0.6) is 5.75 Å². The number of para-hydroxylation sites is 1. The number of rotatable bonds is 3. The van der Waals surface area contributed by atoms with Crippen LogP contribution in [0.1, 0.15) is 36.7 Å². The molecule has 0 aliphatic carbocycles. The molecule has 178 valence electrons. The lowest BCUT2D eigenvalue weighted by molar-refractivity contribution is -0.164. The molecule has 0 fully saturated rings. The van der Waals surface area contributed by atoms with Gasteiger partial charge in [-0.2, -0.15) is 0 Å². The van der Waals surface area contributed by atoms with Gasteiger partial charge in [-0.3, -0.25) is 14.9 Å². The highest BCUT2D eigenvalue weighted by Gasteiger charge is 2.76. The number of nitrogens with one attached hydrogen (secondary N) is 1. The number of Topliss-reactive ketones (excluding diaryl/α,β-unsaturated/α-hetero) is 1. The Hall–Kier alpha value is -3.59. The maximum absolute atomic E-state index is 14.0. The first-order valence-electron chi connectivity index (χ1n) is 10.4. The third-order valence-electron chi connectivity index (χ3n) is 5.75. The Kier molecular flexibility index (Phi) is 5.36. The zero-order valence-electron chi connectivity index (χ0n) is 19.2. The maximum Gasteiger partial charge on any atom is 0.408 e. The highest BCUT2D eigenvalue weighted by atomic mass is 35.5. The summed E-state index contributed by atoms with van der Waals surface area (Å²) in [7, 11) is 2.53. The summed E-state index contributed by atoms with van der Waals surface area (Å²) in [4.78, 5) is 55.7. The van der Waals surface area contributed by atoms with E-state index in [9.17, 15) is 19.2 Å². The van der Waals surface area contributed by atoms with E-state index in [0.29, 0.717) is 5.69 Å². The molecule has 0 saturated heterocycles. The van der Waals surface area contributed by atoms with Gasteiger partial charge in [0.1, 0.15) is 11.4 Å². The summed E-state index contributed by atoms with van der Waals surface area (Å²) in [6, 6.07) is 10.7. The first-order valence-corrected chi connectivity index (χ1v) is 10.8. The van der Waals surface area contributed by atoms with Gasteiger partial charge in [0.25, 0.3) is 5.91 Å². The van der Waals surface area contributed by atoms with E-state index in [1.165, 1.54) is 36.2 Å². The third-order valence-corrected chi connectivity index (χ3v) is 5.99. The molecule has 0 aromatic heterocycles. The van der Waals surface area contributed by atoms with E-state index in [1.54, 1.807) is 39.0 Å². The highest BCUT2D eigenvalue weighted by Crippen LogP contribution is 2.53. The molecule has 2 heterocycles. The first-order chi connectivity index (χ1) is 15.9. The second-order valence-corrected chi connectivity index (χ2v) is 9.44. The molecule has 0 saturated carbocycles. The Bertz CT molecular complexity index is 1240. The SMILES string of the molecule is COC(=O)[C@]1([C@@]2(NC(=O)OC(C)(C)C)C(=O)N(C)c3ccccc32)Oc2ccc(Cl)cc2C1=O. The van der Waals surface area contributed by atoms with Gasteiger partial charge in [-0.25, -0.2) is 9.59 Å². The number of hydrogen-bond donors (Lipinski definition) is 1. The molecule has 0 radical (unpaired) electrons. The zero-order chi connectivity index (χ0) is 25.1. The molecule has 2 atom stereocenters. The number of fused-ring (bicyclic) bond motifs is 2. The van der Waals surface area contributed by atoms with Gasteiger partial charge in [0, 0.05) is 23.3 Å². The highest BCUT2D eigenvalue weighted by molar-refractivity contribution is 6.32. The molecule has 10 heteroatoms. The summed E-state index contributed by atoms with van der Waals surface area (Å²) < 4.78 is 16.4. The van der Waals surface area contributed by atoms with Crippen LogP contribution >= 0.6 is 11.6 Å². The number of alkyl carbamates (subject to hydrolysis) is 1. The van der Waals surface area contributed by atoms with E-state index in [1.807, 2.05) is 0 Å². The topological polar surface area (TPSA) is 111 Å². The number of nitrogens with zero attached hydrogens (tertiary/aromatic N) is 1. The van der Waals surface area contributed by atoms with Crippen molar-refractivity contribution in [3.8, 4) is 5.75 Å². The molecule has 2 amide bonds. The molecule has 34 heavy (non-hydrogen) atoms. The largest absolute Gasteiger partial charge is 0.466 e. The fraction of sp³-hybridized carbons (Fsp3) is 0.333. The van der Waals surface area contributed by atoms with Crippen molar-refractivity contribution in [2.45, 2.75) is 37.5 Å². The number of hydrogen-bond acceptors (Lipinski definition) is 7. The Morgan fingerprint density at radius 1 is 1.12 bits per heavy atom. The minimum Gasteiger partial charge on any atom is -0.466 e. The van der Waals surface area contributed by atoms with E-state index in [4.69, 9.17) is 25.8 Å². The standard InChI is InChI=1S/C24H23ClN2O7/c1-22(2,3)34-21(31)26-23(15-8-6-7-9-16(15)27(4)19(23)29)24(20(30)32-5)18(28)14-12-13(25)10-11-17(14)33-24/h6-12H,1-5H3,(H,26,31)/t23-,24+/m0/s1. The summed E-state index contributed by atoms with van der Waals surface area (Å²) in [5.74, 6) is -2.81. The lowest BCUT2D eigenvalue weighted by atomic mass is 9.72. The van der Waals surface area contributed by atoms with E-state index in [0.717, 1.165) is 7.11 Å². The summed E-state index contributed by atoms with van der Waals surface area (Å²) in [6.45, 7) is 4.92. The fourth-order valence-electron chi connectivity index (χ4n) is 4.41. The van der Waals surface area contributed by atoms with Crippen LogP contribution in [-0.4, -0.2) is 49.1 Å². The number of anilines is 1. The molecule has 9 nitrogen and oxygen atoms in total. The predicted octanol–water partition coefficient (Wildman–Crippen LogP) is 3.22. The summed E-state index contributed by atoms with van der Waals surface area (Å²) in [6.07, 6.45) is -1.03. The van der Waals surface area contributed by atoms with Crippen molar-refractivity contribution in [2.75, 3.05) is 19.1 Å². The molecule has 2 aromatic carbocycles. The van der Waals surface area contributed by atoms with Crippen LogP contribution in [0, 0.1) is 0 Å². The van der Waals surface area contributed by atoms with Crippen molar-refractivity contribution >= 4 is 41.0 Å². The number of ether oxygens (including phenoxy) is 3. The number of amides is 2. The summed E-state index contributed by atoms with van der Waals surface area (Å²) in [5, 5.41) is 2.75. The quantitative estimate of drug-likeness (QED) is 0.523.